The topological polar surface area (TPSA) is 26.0 Å². The molecule has 0 fully saturated rings. The van der Waals surface area contributed by atoms with Gasteiger partial charge in [0.1, 0.15) is 0 Å². The zero-order valence-electron chi connectivity index (χ0n) is 7.72. The molecule has 1 atom stereocenters. The first-order chi connectivity index (χ1) is 6.02. The highest BCUT2D eigenvalue weighted by molar-refractivity contribution is 14.1. The quantitative estimate of drug-likeness (QED) is 0.806. The van der Waals surface area contributed by atoms with E-state index in [-0.39, 0.29) is 6.04 Å². The summed E-state index contributed by atoms with van der Waals surface area (Å²) >= 11 is 5.82. The van der Waals surface area contributed by atoms with Gasteiger partial charge in [-0.2, -0.15) is 0 Å². The summed E-state index contributed by atoms with van der Waals surface area (Å²) in [6.45, 7) is 4.27. The molecule has 2 N–H and O–H groups in total. The van der Waals surface area contributed by atoms with Crippen LogP contribution in [-0.2, 0) is 0 Å². The lowest BCUT2D eigenvalue weighted by atomic mass is 9.97. The molecule has 1 rings (SSSR count). The van der Waals surface area contributed by atoms with Crippen LogP contribution in [0, 0.1) is 9.49 Å². The molecule has 0 radical (unpaired) electrons. The van der Waals surface area contributed by atoms with Crippen LogP contribution in [0.5, 0.6) is 0 Å². The molecule has 72 valence electrons. The van der Waals surface area contributed by atoms with Crippen molar-refractivity contribution < 1.29 is 0 Å². The van der Waals surface area contributed by atoms with Crippen molar-refractivity contribution in [3.63, 3.8) is 0 Å². The zero-order chi connectivity index (χ0) is 10.0. The Morgan fingerprint density at radius 3 is 2.54 bits per heavy atom. The van der Waals surface area contributed by atoms with Crippen LogP contribution in [0.25, 0.3) is 0 Å². The van der Waals surface area contributed by atoms with Gasteiger partial charge in [0.15, 0.2) is 0 Å². The standard InChI is InChI=1S/C10H13BrIN/c1-6(2)10(13)8-5-7(12)3-4-9(8)11/h3-6,10H,13H2,1-2H3/t10-/m1/s1. The number of rotatable bonds is 2. The number of hydrogen-bond donors (Lipinski definition) is 1. The molecule has 0 spiro atoms. The third kappa shape index (κ3) is 2.92. The second kappa shape index (κ2) is 4.75. The van der Waals surface area contributed by atoms with Crippen LogP contribution in [0.2, 0.25) is 0 Å². The van der Waals surface area contributed by atoms with Gasteiger partial charge in [-0.1, -0.05) is 29.8 Å². The van der Waals surface area contributed by atoms with Gasteiger partial charge in [0.05, 0.1) is 0 Å². The molecule has 0 amide bonds. The molecule has 1 nitrogen and oxygen atoms in total. The molecule has 0 aliphatic carbocycles. The summed E-state index contributed by atoms with van der Waals surface area (Å²) in [6, 6.07) is 6.37. The summed E-state index contributed by atoms with van der Waals surface area (Å²) in [5.74, 6) is 0.467. The average Bonchev–Trinajstić information content (AvgIpc) is 2.08. The summed E-state index contributed by atoms with van der Waals surface area (Å²) in [7, 11) is 0. The van der Waals surface area contributed by atoms with E-state index in [2.05, 4.69) is 70.6 Å². The van der Waals surface area contributed by atoms with Gasteiger partial charge in [-0.15, -0.1) is 0 Å². The average molecular weight is 354 g/mol. The van der Waals surface area contributed by atoms with Crippen LogP contribution in [0.15, 0.2) is 22.7 Å². The summed E-state index contributed by atoms with van der Waals surface area (Å²) in [4.78, 5) is 0. The third-order valence-electron chi connectivity index (χ3n) is 2.04. The molecule has 0 unspecified atom stereocenters. The summed E-state index contributed by atoms with van der Waals surface area (Å²) in [6.07, 6.45) is 0. The molecule has 0 aliphatic heterocycles. The van der Waals surface area contributed by atoms with Gasteiger partial charge in [-0.05, 0) is 52.3 Å². The van der Waals surface area contributed by atoms with Crippen LogP contribution in [-0.4, -0.2) is 0 Å². The maximum Gasteiger partial charge on any atom is 0.0329 e. The van der Waals surface area contributed by atoms with Crippen molar-refractivity contribution in [1.82, 2.24) is 0 Å². The lowest BCUT2D eigenvalue weighted by Gasteiger charge is -2.17. The van der Waals surface area contributed by atoms with E-state index in [9.17, 15) is 0 Å². The molecular weight excluding hydrogens is 341 g/mol. The van der Waals surface area contributed by atoms with Crippen molar-refractivity contribution in [2.75, 3.05) is 0 Å². The smallest absolute Gasteiger partial charge is 0.0329 e. The van der Waals surface area contributed by atoms with Crippen LogP contribution >= 0.6 is 38.5 Å². The van der Waals surface area contributed by atoms with Crippen molar-refractivity contribution in [2.24, 2.45) is 11.7 Å². The molecule has 0 saturated heterocycles. The zero-order valence-corrected chi connectivity index (χ0v) is 11.5. The molecule has 3 heteroatoms. The lowest BCUT2D eigenvalue weighted by Crippen LogP contribution is -2.17. The molecule has 1 aromatic rings. The van der Waals surface area contributed by atoms with Crippen molar-refractivity contribution >= 4 is 38.5 Å². The summed E-state index contributed by atoms with van der Waals surface area (Å²) in [5.41, 5.74) is 7.27. The number of benzene rings is 1. The minimum atomic E-state index is 0.115. The fraction of sp³-hybridized carbons (Fsp3) is 0.400. The van der Waals surface area contributed by atoms with Gasteiger partial charge in [0, 0.05) is 14.1 Å². The Balaban J connectivity index is 3.05. The van der Waals surface area contributed by atoms with E-state index in [1.807, 2.05) is 0 Å². The van der Waals surface area contributed by atoms with Crippen LogP contribution in [0.4, 0.5) is 0 Å². The Morgan fingerprint density at radius 2 is 2.00 bits per heavy atom. The van der Waals surface area contributed by atoms with Crippen LogP contribution in [0.3, 0.4) is 0 Å². The summed E-state index contributed by atoms with van der Waals surface area (Å²) < 4.78 is 2.33. The predicted molar refractivity (Wildman–Crippen MR) is 68.6 cm³/mol. The fourth-order valence-corrected chi connectivity index (χ4v) is 2.16. The van der Waals surface area contributed by atoms with Crippen molar-refractivity contribution in [3.05, 3.63) is 31.8 Å². The Hall–Kier alpha value is 0.390. The maximum absolute atomic E-state index is 6.07. The van der Waals surface area contributed by atoms with Gasteiger partial charge >= 0.3 is 0 Å². The van der Waals surface area contributed by atoms with E-state index in [4.69, 9.17) is 5.73 Å². The number of halogens is 2. The SMILES string of the molecule is CC(C)[C@@H](N)c1cc(I)ccc1Br. The minimum absolute atomic E-state index is 0.115. The molecule has 1 aromatic carbocycles. The molecular formula is C10H13BrIN. The minimum Gasteiger partial charge on any atom is -0.324 e. The molecule has 0 aromatic heterocycles. The highest BCUT2D eigenvalue weighted by atomic mass is 127. The normalized spacial score (nSPS) is 13.4. The molecule has 0 saturated carbocycles. The third-order valence-corrected chi connectivity index (χ3v) is 3.43. The van der Waals surface area contributed by atoms with Crippen molar-refractivity contribution in [3.8, 4) is 0 Å². The summed E-state index contributed by atoms with van der Waals surface area (Å²) in [5, 5.41) is 0. The Labute approximate surface area is 101 Å². The molecule has 0 bridgehead atoms. The Bertz CT molecular complexity index is 299. The molecule has 0 heterocycles. The van der Waals surface area contributed by atoms with Crippen LogP contribution in [0.1, 0.15) is 25.5 Å². The van der Waals surface area contributed by atoms with Gasteiger partial charge in [-0.3, -0.25) is 0 Å². The van der Waals surface area contributed by atoms with E-state index in [1.54, 1.807) is 0 Å². The van der Waals surface area contributed by atoms with Crippen LogP contribution < -0.4 is 5.73 Å². The highest BCUT2D eigenvalue weighted by Crippen LogP contribution is 2.28. The largest absolute Gasteiger partial charge is 0.324 e. The van der Waals surface area contributed by atoms with Gasteiger partial charge in [0.25, 0.3) is 0 Å². The number of nitrogens with two attached hydrogens (primary N) is 1. The number of hydrogen-bond acceptors (Lipinski definition) is 1. The Kier molecular flexibility index (Phi) is 4.19. The van der Waals surface area contributed by atoms with Gasteiger partial charge in [-0.25, -0.2) is 0 Å². The van der Waals surface area contributed by atoms with E-state index in [0.717, 1.165) is 4.47 Å². The fourth-order valence-electron chi connectivity index (χ4n) is 1.13. The van der Waals surface area contributed by atoms with Crippen molar-refractivity contribution in [1.29, 1.82) is 0 Å². The monoisotopic (exact) mass is 353 g/mol. The van der Waals surface area contributed by atoms with Crippen molar-refractivity contribution in [2.45, 2.75) is 19.9 Å². The first-order valence-electron chi connectivity index (χ1n) is 4.23. The van der Waals surface area contributed by atoms with Gasteiger partial charge < -0.3 is 5.73 Å². The lowest BCUT2D eigenvalue weighted by molar-refractivity contribution is 0.512. The predicted octanol–water partition coefficient (Wildman–Crippen LogP) is 3.71. The van der Waals surface area contributed by atoms with E-state index in [0.29, 0.717) is 5.92 Å². The maximum atomic E-state index is 6.07. The first kappa shape index (κ1) is 11.5. The second-order valence-corrected chi connectivity index (χ2v) is 5.54. The van der Waals surface area contributed by atoms with E-state index in [1.165, 1.54) is 9.13 Å². The van der Waals surface area contributed by atoms with E-state index >= 15 is 0 Å². The highest BCUT2D eigenvalue weighted by Gasteiger charge is 2.13. The second-order valence-electron chi connectivity index (χ2n) is 3.44. The van der Waals surface area contributed by atoms with Gasteiger partial charge in [0.2, 0.25) is 0 Å². The molecule has 0 aliphatic rings. The first-order valence-corrected chi connectivity index (χ1v) is 6.10. The Morgan fingerprint density at radius 1 is 1.38 bits per heavy atom. The van der Waals surface area contributed by atoms with E-state index < -0.39 is 0 Å². The molecule has 13 heavy (non-hydrogen) atoms.